The van der Waals surface area contributed by atoms with Crippen molar-refractivity contribution in [1.82, 2.24) is 0 Å². The highest BCUT2D eigenvalue weighted by atomic mass is 32.1. The number of aromatic carboxylic acids is 1. The highest BCUT2D eigenvalue weighted by molar-refractivity contribution is 7.17. The summed E-state index contributed by atoms with van der Waals surface area (Å²) >= 11 is 1.18. The minimum Gasteiger partial charge on any atom is -0.478 e. The first-order chi connectivity index (χ1) is 9.43. The van der Waals surface area contributed by atoms with Crippen LogP contribution in [0.3, 0.4) is 0 Å². The molecular formula is C13H15NO5S. The van der Waals surface area contributed by atoms with Gasteiger partial charge in [-0.3, -0.25) is 4.79 Å². The standard InChI is InChI=1S/C13H15NO5S/c1-2-6-3-4-7-8(5-6)20-11(9(7)12(16)17)14-10(15)13(18)19/h6H,2-5H2,1H3,(H,14,15)(H,16,17)(H,18,19). The van der Waals surface area contributed by atoms with Gasteiger partial charge in [0.25, 0.3) is 0 Å². The van der Waals surface area contributed by atoms with E-state index in [-0.39, 0.29) is 10.6 Å². The molecule has 7 heteroatoms. The van der Waals surface area contributed by atoms with E-state index >= 15 is 0 Å². The third-order valence-electron chi connectivity index (χ3n) is 3.58. The van der Waals surface area contributed by atoms with Crippen LogP contribution in [0.15, 0.2) is 0 Å². The van der Waals surface area contributed by atoms with E-state index in [9.17, 15) is 19.5 Å². The number of carbonyl (C=O) groups excluding carboxylic acids is 1. The SMILES string of the molecule is CCC1CCc2c(sc(NC(=O)C(=O)O)c2C(=O)O)C1. The topological polar surface area (TPSA) is 104 Å². The van der Waals surface area contributed by atoms with Gasteiger partial charge >= 0.3 is 17.8 Å². The predicted molar refractivity (Wildman–Crippen MR) is 73.3 cm³/mol. The summed E-state index contributed by atoms with van der Waals surface area (Å²) in [4.78, 5) is 34.1. The Bertz CT molecular complexity index is 578. The number of nitrogens with one attached hydrogen (secondary N) is 1. The number of rotatable bonds is 3. The fourth-order valence-electron chi connectivity index (χ4n) is 2.47. The number of aliphatic carboxylic acids is 1. The lowest BCUT2D eigenvalue weighted by molar-refractivity contribution is -0.147. The van der Waals surface area contributed by atoms with E-state index in [4.69, 9.17) is 5.11 Å². The van der Waals surface area contributed by atoms with Gasteiger partial charge < -0.3 is 15.5 Å². The summed E-state index contributed by atoms with van der Waals surface area (Å²) in [6.45, 7) is 2.09. The lowest BCUT2D eigenvalue weighted by Gasteiger charge is -2.20. The number of fused-ring (bicyclic) bond motifs is 1. The predicted octanol–water partition coefficient (Wildman–Crippen LogP) is 1.98. The fraction of sp³-hybridized carbons (Fsp3) is 0.462. The molecule has 1 heterocycles. The third kappa shape index (κ3) is 2.67. The van der Waals surface area contributed by atoms with E-state index in [2.05, 4.69) is 12.2 Å². The number of thiophene rings is 1. The van der Waals surface area contributed by atoms with Gasteiger partial charge in [-0.2, -0.15) is 0 Å². The van der Waals surface area contributed by atoms with Crippen molar-refractivity contribution in [2.24, 2.45) is 5.92 Å². The van der Waals surface area contributed by atoms with E-state index in [1.165, 1.54) is 11.3 Å². The van der Waals surface area contributed by atoms with Gasteiger partial charge in [0, 0.05) is 4.88 Å². The van der Waals surface area contributed by atoms with Crippen molar-refractivity contribution in [2.45, 2.75) is 32.6 Å². The zero-order chi connectivity index (χ0) is 14.9. The Morgan fingerprint density at radius 1 is 1.35 bits per heavy atom. The van der Waals surface area contributed by atoms with E-state index in [0.29, 0.717) is 12.3 Å². The Labute approximate surface area is 119 Å². The molecule has 1 unspecified atom stereocenters. The van der Waals surface area contributed by atoms with Gasteiger partial charge in [-0.15, -0.1) is 11.3 Å². The number of anilines is 1. The zero-order valence-corrected chi connectivity index (χ0v) is 11.7. The van der Waals surface area contributed by atoms with Gasteiger partial charge in [-0.1, -0.05) is 13.3 Å². The summed E-state index contributed by atoms with van der Waals surface area (Å²) in [5, 5.41) is 20.2. The second kappa shape index (κ2) is 5.62. The molecule has 1 aliphatic carbocycles. The Morgan fingerprint density at radius 2 is 2.05 bits per heavy atom. The molecule has 1 atom stereocenters. The maximum atomic E-state index is 11.4. The monoisotopic (exact) mass is 297 g/mol. The average Bonchev–Trinajstić information content (AvgIpc) is 2.75. The van der Waals surface area contributed by atoms with Crippen LogP contribution in [0, 0.1) is 5.92 Å². The number of hydrogen-bond acceptors (Lipinski definition) is 4. The second-order valence-corrected chi connectivity index (χ2v) is 5.89. The minimum absolute atomic E-state index is 0.0501. The normalized spacial score (nSPS) is 17.4. The van der Waals surface area contributed by atoms with Crippen LogP contribution in [-0.2, 0) is 22.4 Å². The van der Waals surface area contributed by atoms with Crippen molar-refractivity contribution in [3.8, 4) is 0 Å². The molecule has 0 saturated carbocycles. The molecule has 1 aliphatic rings. The van der Waals surface area contributed by atoms with Gasteiger partial charge in [0.2, 0.25) is 0 Å². The van der Waals surface area contributed by atoms with Crippen LogP contribution >= 0.6 is 11.3 Å². The van der Waals surface area contributed by atoms with Crippen LogP contribution in [0.25, 0.3) is 0 Å². The Balaban J connectivity index is 2.38. The second-order valence-electron chi connectivity index (χ2n) is 4.79. The molecule has 20 heavy (non-hydrogen) atoms. The summed E-state index contributed by atoms with van der Waals surface area (Å²) < 4.78 is 0. The molecule has 2 rings (SSSR count). The summed E-state index contributed by atoms with van der Waals surface area (Å²) in [7, 11) is 0. The van der Waals surface area contributed by atoms with Crippen molar-refractivity contribution in [2.75, 3.05) is 5.32 Å². The number of carbonyl (C=O) groups is 3. The van der Waals surface area contributed by atoms with E-state index < -0.39 is 17.8 Å². The van der Waals surface area contributed by atoms with Crippen LogP contribution in [0.5, 0.6) is 0 Å². The van der Waals surface area contributed by atoms with Crippen molar-refractivity contribution >= 4 is 34.2 Å². The van der Waals surface area contributed by atoms with Crippen molar-refractivity contribution in [3.63, 3.8) is 0 Å². The summed E-state index contributed by atoms with van der Waals surface area (Å²) in [6, 6.07) is 0. The van der Waals surface area contributed by atoms with Gasteiger partial charge in [-0.25, -0.2) is 9.59 Å². The summed E-state index contributed by atoms with van der Waals surface area (Å²) in [6.07, 6.45) is 3.40. The molecule has 0 fully saturated rings. The molecule has 1 amide bonds. The first kappa shape index (κ1) is 14.5. The minimum atomic E-state index is -1.63. The largest absolute Gasteiger partial charge is 0.478 e. The molecular weight excluding hydrogens is 282 g/mol. The number of hydrogen-bond donors (Lipinski definition) is 3. The van der Waals surface area contributed by atoms with Gasteiger partial charge in [0.15, 0.2) is 0 Å². The molecule has 0 bridgehead atoms. The highest BCUT2D eigenvalue weighted by Crippen LogP contribution is 2.40. The molecule has 108 valence electrons. The van der Waals surface area contributed by atoms with Crippen LogP contribution < -0.4 is 5.32 Å². The molecule has 0 radical (unpaired) electrons. The third-order valence-corrected chi connectivity index (χ3v) is 4.75. The molecule has 0 spiro atoms. The molecule has 0 aromatic carbocycles. The molecule has 0 saturated heterocycles. The number of carboxylic acids is 2. The Morgan fingerprint density at radius 3 is 2.60 bits per heavy atom. The maximum absolute atomic E-state index is 11.4. The molecule has 6 nitrogen and oxygen atoms in total. The Kier molecular flexibility index (Phi) is 4.08. The van der Waals surface area contributed by atoms with Crippen molar-refractivity contribution in [1.29, 1.82) is 0 Å². The first-order valence-corrected chi connectivity index (χ1v) is 7.17. The van der Waals surface area contributed by atoms with E-state index in [1.54, 1.807) is 0 Å². The molecule has 1 aromatic rings. The number of carboxylic acid groups (broad SMARTS) is 2. The van der Waals surface area contributed by atoms with Gasteiger partial charge in [0.1, 0.15) is 5.00 Å². The van der Waals surface area contributed by atoms with Gasteiger partial charge in [0.05, 0.1) is 5.56 Å². The molecule has 0 aliphatic heterocycles. The Hall–Kier alpha value is -1.89. The lowest BCUT2D eigenvalue weighted by Crippen LogP contribution is -2.22. The summed E-state index contributed by atoms with van der Waals surface area (Å²) in [5.74, 6) is -3.44. The van der Waals surface area contributed by atoms with Crippen LogP contribution in [-0.4, -0.2) is 28.1 Å². The van der Waals surface area contributed by atoms with Crippen LogP contribution in [0.1, 0.15) is 40.6 Å². The molecule has 3 N–H and O–H groups in total. The van der Waals surface area contributed by atoms with Crippen LogP contribution in [0.4, 0.5) is 5.00 Å². The smallest absolute Gasteiger partial charge is 0.394 e. The van der Waals surface area contributed by atoms with Crippen molar-refractivity contribution in [3.05, 3.63) is 16.0 Å². The van der Waals surface area contributed by atoms with Gasteiger partial charge in [-0.05, 0) is 30.7 Å². The maximum Gasteiger partial charge on any atom is 0.394 e. The van der Waals surface area contributed by atoms with E-state index in [1.807, 2.05) is 0 Å². The highest BCUT2D eigenvalue weighted by Gasteiger charge is 2.29. The first-order valence-electron chi connectivity index (χ1n) is 6.36. The average molecular weight is 297 g/mol. The van der Waals surface area contributed by atoms with Crippen molar-refractivity contribution < 1.29 is 24.6 Å². The van der Waals surface area contributed by atoms with E-state index in [0.717, 1.165) is 29.7 Å². The molecule has 1 aromatic heterocycles. The quantitative estimate of drug-likeness (QED) is 0.740. The lowest BCUT2D eigenvalue weighted by atomic mass is 9.86. The number of amides is 1. The van der Waals surface area contributed by atoms with Crippen LogP contribution in [0.2, 0.25) is 0 Å². The summed E-state index contributed by atoms with van der Waals surface area (Å²) in [5.41, 5.74) is 0.794. The zero-order valence-electron chi connectivity index (χ0n) is 10.9. The fourth-order valence-corrected chi connectivity index (χ4v) is 3.82.